The summed E-state index contributed by atoms with van der Waals surface area (Å²) < 4.78 is 5.54. The number of nitrogens with zero attached hydrogens (tertiary/aromatic N) is 1. The highest BCUT2D eigenvalue weighted by Gasteiger charge is 2.18. The van der Waals surface area contributed by atoms with Gasteiger partial charge in [0.1, 0.15) is 15.6 Å². The molecule has 0 aliphatic carbocycles. The fraction of sp³-hybridized carbons (Fsp3) is 0.158. The number of rotatable bonds is 3. The first-order valence-corrected chi connectivity index (χ1v) is 8.62. The van der Waals surface area contributed by atoms with Gasteiger partial charge in [0.25, 0.3) is 5.91 Å². The SMILES string of the molecule is Cc1nc(-c2ccc3c(c2)CCO3)sc1C(=O)Nc1ccccc1. The first kappa shape index (κ1) is 14.9. The molecule has 0 saturated heterocycles. The molecule has 4 nitrogen and oxygen atoms in total. The summed E-state index contributed by atoms with van der Waals surface area (Å²) in [6, 6.07) is 15.5. The molecule has 0 spiro atoms. The Bertz CT molecular complexity index is 903. The van der Waals surface area contributed by atoms with Crippen LogP contribution in [-0.4, -0.2) is 17.5 Å². The van der Waals surface area contributed by atoms with E-state index in [1.807, 2.05) is 49.4 Å². The second-order valence-corrected chi connectivity index (χ2v) is 6.67. The number of aromatic nitrogens is 1. The van der Waals surface area contributed by atoms with Gasteiger partial charge in [-0.25, -0.2) is 4.98 Å². The molecular weight excluding hydrogens is 320 g/mol. The van der Waals surface area contributed by atoms with Crippen molar-refractivity contribution in [1.29, 1.82) is 0 Å². The maximum absolute atomic E-state index is 12.5. The number of nitrogens with one attached hydrogen (secondary N) is 1. The lowest BCUT2D eigenvalue weighted by Crippen LogP contribution is -2.11. The number of carbonyl (C=O) groups excluding carboxylic acids is 1. The molecule has 1 amide bonds. The highest BCUT2D eigenvalue weighted by atomic mass is 32.1. The fourth-order valence-electron chi connectivity index (χ4n) is 2.76. The molecule has 2 aromatic carbocycles. The van der Waals surface area contributed by atoms with Crippen molar-refractivity contribution in [2.45, 2.75) is 13.3 Å². The normalized spacial score (nSPS) is 12.5. The average molecular weight is 336 g/mol. The Balaban J connectivity index is 1.61. The number of amides is 1. The molecular formula is C19H16N2O2S. The van der Waals surface area contributed by atoms with E-state index >= 15 is 0 Å². The number of hydrogen-bond acceptors (Lipinski definition) is 4. The van der Waals surface area contributed by atoms with Crippen LogP contribution >= 0.6 is 11.3 Å². The van der Waals surface area contributed by atoms with Crippen LogP contribution in [0.2, 0.25) is 0 Å². The number of thiazole rings is 1. The summed E-state index contributed by atoms with van der Waals surface area (Å²) in [7, 11) is 0. The Labute approximate surface area is 144 Å². The maximum atomic E-state index is 12.5. The van der Waals surface area contributed by atoms with Crippen LogP contribution in [0.4, 0.5) is 5.69 Å². The second-order valence-electron chi connectivity index (χ2n) is 5.67. The molecule has 1 aromatic heterocycles. The highest BCUT2D eigenvalue weighted by molar-refractivity contribution is 7.17. The standard InChI is InChI=1S/C19H16N2O2S/c1-12-17(18(22)21-15-5-3-2-4-6-15)24-19(20-12)14-7-8-16-13(11-14)9-10-23-16/h2-8,11H,9-10H2,1H3,(H,21,22). The van der Waals surface area contributed by atoms with E-state index in [0.717, 1.165) is 40.7 Å². The first-order chi connectivity index (χ1) is 11.7. The van der Waals surface area contributed by atoms with E-state index in [4.69, 9.17) is 4.74 Å². The van der Waals surface area contributed by atoms with Crippen molar-refractivity contribution in [3.8, 4) is 16.3 Å². The molecule has 1 aliphatic heterocycles. The minimum atomic E-state index is -0.119. The summed E-state index contributed by atoms with van der Waals surface area (Å²) in [5.41, 5.74) is 3.77. The molecule has 24 heavy (non-hydrogen) atoms. The second kappa shape index (κ2) is 6.09. The maximum Gasteiger partial charge on any atom is 0.267 e. The van der Waals surface area contributed by atoms with Gasteiger partial charge in [-0.2, -0.15) is 0 Å². The molecule has 1 aliphatic rings. The van der Waals surface area contributed by atoms with Crippen molar-refractivity contribution < 1.29 is 9.53 Å². The van der Waals surface area contributed by atoms with Crippen LogP contribution in [0.15, 0.2) is 48.5 Å². The summed E-state index contributed by atoms with van der Waals surface area (Å²) in [6.45, 7) is 2.61. The van der Waals surface area contributed by atoms with E-state index in [9.17, 15) is 4.79 Å². The van der Waals surface area contributed by atoms with Crippen LogP contribution < -0.4 is 10.1 Å². The van der Waals surface area contributed by atoms with Gasteiger partial charge in [-0.3, -0.25) is 4.79 Å². The number of aryl methyl sites for hydroxylation is 1. The first-order valence-electron chi connectivity index (χ1n) is 7.80. The van der Waals surface area contributed by atoms with E-state index in [2.05, 4.69) is 16.4 Å². The number of anilines is 1. The van der Waals surface area contributed by atoms with Crippen molar-refractivity contribution in [3.63, 3.8) is 0 Å². The summed E-state index contributed by atoms with van der Waals surface area (Å²) in [6.07, 6.45) is 0.925. The zero-order valence-electron chi connectivity index (χ0n) is 13.2. The molecule has 120 valence electrons. The Morgan fingerprint density at radius 1 is 1.21 bits per heavy atom. The third-order valence-corrected chi connectivity index (χ3v) is 5.18. The lowest BCUT2D eigenvalue weighted by Gasteiger charge is -2.03. The van der Waals surface area contributed by atoms with Gasteiger partial charge in [0, 0.05) is 17.7 Å². The van der Waals surface area contributed by atoms with Gasteiger partial charge in [-0.1, -0.05) is 18.2 Å². The summed E-state index contributed by atoms with van der Waals surface area (Å²) in [5, 5.41) is 3.78. The third-order valence-electron chi connectivity index (χ3n) is 3.97. The van der Waals surface area contributed by atoms with Gasteiger partial charge in [0.2, 0.25) is 0 Å². The number of hydrogen-bond donors (Lipinski definition) is 1. The van der Waals surface area contributed by atoms with Gasteiger partial charge in [0.15, 0.2) is 0 Å². The number of fused-ring (bicyclic) bond motifs is 1. The smallest absolute Gasteiger partial charge is 0.267 e. The largest absolute Gasteiger partial charge is 0.493 e. The molecule has 4 rings (SSSR count). The van der Waals surface area contributed by atoms with Crippen LogP contribution in [0.1, 0.15) is 20.9 Å². The van der Waals surface area contributed by atoms with Crippen LogP contribution in [-0.2, 0) is 6.42 Å². The lowest BCUT2D eigenvalue weighted by atomic mass is 10.1. The van der Waals surface area contributed by atoms with Crippen LogP contribution in [0.25, 0.3) is 10.6 Å². The van der Waals surface area contributed by atoms with Crippen molar-refractivity contribution >= 4 is 22.9 Å². The van der Waals surface area contributed by atoms with E-state index in [0.29, 0.717) is 4.88 Å². The molecule has 0 bridgehead atoms. The molecule has 0 fully saturated rings. The summed E-state index contributed by atoms with van der Waals surface area (Å²) in [5.74, 6) is 0.834. The highest BCUT2D eigenvalue weighted by Crippen LogP contribution is 2.33. The molecule has 0 radical (unpaired) electrons. The predicted molar refractivity (Wildman–Crippen MR) is 95.9 cm³/mol. The van der Waals surface area contributed by atoms with Crippen molar-refractivity contribution in [2.24, 2.45) is 0 Å². The van der Waals surface area contributed by atoms with Gasteiger partial charge < -0.3 is 10.1 Å². The molecule has 0 unspecified atom stereocenters. The Morgan fingerprint density at radius 3 is 2.88 bits per heavy atom. The molecule has 3 aromatic rings. The fourth-order valence-corrected chi connectivity index (χ4v) is 3.72. The van der Waals surface area contributed by atoms with Crippen molar-refractivity contribution in [3.05, 3.63) is 64.7 Å². The summed E-state index contributed by atoms with van der Waals surface area (Å²) >= 11 is 1.42. The zero-order valence-corrected chi connectivity index (χ0v) is 14.0. The van der Waals surface area contributed by atoms with Crippen molar-refractivity contribution in [2.75, 3.05) is 11.9 Å². The quantitative estimate of drug-likeness (QED) is 0.775. The van der Waals surface area contributed by atoms with E-state index in [1.165, 1.54) is 16.9 Å². The summed E-state index contributed by atoms with van der Waals surface area (Å²) in [4.78, 5) is 17.7. The Kier molecular flexibility index (Phi) is 3.78. The lowest BCUT2D eigenvalue weighted by molar-refractivity contribution is 0.103. The Hall–Kier alpha value is -2.66. The van der Waals surface area contributed by atoms with Crippen molar-refractivity contribution in [1.82, 2.24) is 4.98 Å². The molecule has 1 N–H and O–H groups in total. The van der Waals surface area contributed by atoms with E-state index < -0.39 is 0 Å². The Morgan fingerprint density at radius 2 is 2.04 bits per heavy atom. The third kappa shape index (κ3) is 2.78. The number of carbonyl (C=O) groups is 1. The predicted octanol–water partition coefficient (Wildman–Crippen LogP) is 4.31. The van der Waals surface area contributed by atoms with E-state index in [1.54, 1.807) is 0 Å². The molecule has 2 heterocycles. The zero-order chi connectivity index (χ0) is 16.5. The number of para-hydroxylation sites is 1. The van der Waals surface area contributed by atoms with Crippen LogP contribution in [0.5, 0.6) is 5.75 Å². The topological polar surface area (TPSA) is 51.2 Å². The van der Waals surface area contributed by atoms with Gasteiger partial charge in [-0.05, 0) is 42.8 Å². The molecule has 0 saturated carbocycles. The van der Waals surface area contributed by atoms with Gasteiger partial charge in [-0.15, -0.1) is 11.3 Å². The molecule has 0 atom stereocenters. The monoisotopic (exact) mass is 336 g/mol. The van der Waals surface area contributed by atoms with Crippen LogP contribution in [0, 0.1) is 6.92 Å². The number of benzene rings is 2. The average Bonchev–Trinajstić information content (AvgIpc) is 3.21. The number of ether oxygens (including phenoxy) is 1. The van der Waals surface area contributed by atoms with Crippen LogP contribution in [0.3, 0.4) is 0 Å². The van der Waals surface area contributed by atoms with Gasteiger partial charge >= 0.3 is 0 Å². The minimum Gasteiger partial charge on any atom is -0.493 e. The molecule has 5 heteroatoms. The van der Waals surface area contributed by atoms with E-state index in [-0.39, 0.29) is 5.91 Å². The minimum absolute atomic E-state index is 0.119. The van der Waals surface area contributed by atoms with Gasteiger partial charge in [0.05, 0.1) is 12.3 Å².